The summed E-state index contributed by atoms with van der Waals surface area (Å²) in [5.74, 6) is -1.80. The van der Waals surface area contributed by atoms with Gasteiger partial charge in [0.1, 0.15) is 23.4 Å². The molecule has 1 aliphatic heterocycles. The first-order chi connectivity index (χ1) is 16.1. The van der Waals surface area contributed by atoms with E-state index in [1.165, 1.54) is 36.9 Å². The maximum Gasteiger partial charge on any atom is 0.330 e. The van der Waals surface area contributed by atoms with Crippen molar-refractivity contribution in [1.82, 2.24) is 13.4 Å². The summed E-state index contributed by atoms with van der Waals surface area (Å²) in [7, 11) is -1.64. The minimum Gasteiger partial charge on any atom is -0.458 e. The summed E-state index contributed by atoms with van der Waals surface area (Å²) in [6, 6.07) is 11.9. The Kier molecular flexibility index (Phi) is 6.24. The minimum absolute atomic E-state index is 0.0260. The number of nitrogens with zero attached hydrogens (tertiary/aromatic N) is 3. The number of halogens is 1. The van der Waals surface area contributed by atoms with Crippen LogP contribution in [0.2, 0.25) is 0 Å². The van der Waals surface area contributed by atoms with Gasteiger partial charge < -0.3 is 4.74 Å². The van der Waals surface area contributed by atoms with Gasteiger partial charge in [0.05, 0.1) is 5.69 Å². The number of carbonyl (C=O) groups excluding carboxylic acids is 1. The number of benzene rings is 2. The molecule has 11 heteroatoms. The van der Waals surface area contributed by atoms with Gasteiger partial charge in [-0.2, -0.15) is 4.31 Å². The zero-order valence-electron chi connectivity index (χ0n) is 18.5. The van der Waals surface area contributed by atoms with E-state index in [0.717, 1.165) is 26.6 Å². The van der Waals surface area contributed by atoms with E-state index in [2.05, 4.69) is 0 Å². The second-order valence-electron chi connectivity index (χ2n) is 7.95. The average molecular weight is 488 g/mol. The van der Waals surface area contributed by atoms with Crippen molar-refractivity contribution in [2.24, 2.45) is 14.1 Å². The Hall–Kier alpha value is -3.57. The van der Waals surface area contributed by atoms with E-state index in [1.54, 1.807) is 24.3 Å². The van der Waals surface area contributed by atoms with Crippen LogP contribution in [0, 0.1) is 5.82 Å². The van der Waals surface area contributed by atoms with Gasteiger partial charge in [-0.15, -0.1) is 0 Å². The van der Waals surface area contributed by atoms with E-state index in [-0.39, 0.29) is 18.7 Å². The standard InChI is InChI=1S/C23H22FN3O6S/c1-25-17(12-21(28)26(2)23(25)30)14-33-22(29)19-11-15-7-3-4-8-16(15)13-27(19)34(31,32)20-10-6-5-9-18(20)24/h3-10,12,19H,11,13-14H2,1-2H3/t19-/m0/s1. The van der Waals surface area contributed by atoms with Crippen LogP contribution < -0.4 is 11.2 Å². The molecule has 1 atom stereocenters. The van der Waals surface area contributed by atoms with E-state index >= 15 is 0 Å². The number of aromatic nitrogens is 2. The molecule has 178 valence electrons. The Morgan fingerprint density at radius 2 is 1.68 bits per heavy atom. The highest BCUT2D eigenvalue weighted by Crippen LogP contribution is 2.30. The van der Waals surface area contributed by atoms with Gasteiger partial charge in [-0.25, -0.2) is 17.6 Å². The van der Waals surface area contributed by atoms with Crippen LogP contribution in [-0.4, -0.2) is 33.9 Å². The van der Waals surface area contributed by atoms with Gasteiger partial charge in [-0.05, 0) is 23.3 Å². The van der Waals surface area contributed by atoms with Crippen molar-refractivity contribution in [3.8, 4) is 0 Å². The van der Waals surface area contributed by atoms with Crippen molar-refractivity contribution in [3.63, 3.8) is 0 Å². The molecule has 34 heavy (non-hydrogen) atoms. The first-order valence-corrected chi connectivity index (χ1v) is 11.8. The highest BCUT2D eigenvalue weighted by atomic mass is 32.2. The molecule has 2 heterocycles. The maximum atomic E-state index is 14.4. The molecule has 0 spiro atoms. The highest BCUT2D eigenvalue weighted by molar-refractivity contribution is 7.89. The molecule has 4 rings (SSSR count). The molecule has 3 aromatic rings. The zero-order chi connectivity index (χ0) is 24.6. The molecule has 0 saturated heterocycles. The average Bonchev–Trinajstić information content (AvgIpc) is 2.83. The largest absolute Gasteiger partial charge is 0.458 e. The molecule has 0 N–H and O–H groups in total. The van der Waals surface area contributed by atoms with E-state index < -0.39 is 50.6 Å². The van der Waals surface area contributed by atoms with Crippen molar-refractivity contribution >= 4 is 16.0 Å². The van der Waals surface area contributed by atoms with Crippen molar-refractivity contribution < 1.29 is 22.3 Å². The third kappa shape index (κ3) is 4.19. The highest BCUT2D eigenvalue weighted by Gasteiger charge is 2.41. The van der Waals surface area contributed by atoms with Crippen molar-refractivity contribution in [2.45, 2.75) is 30.5 Å². The third-order valence-corrected chi connectivity index (χ3v) is 7.78. The number of ether oxygens (including phenoxy) is 1. The van der Waals surface area contributed by atoms with E-state index in [0.29, 0.717) is 5.56 Å². The smallest absolute Gasteiger partial charge is 0.330 e. The predicted molar refractivity (Wildman–Crippen MR) is 120 cm³/mol. The molecule has 0 fully saturated rings. The molecule has 0 aliphatic carbocycles. The van der Waals surface area contributed by atoms with Crippen LogP contribution >= 0.6 is 0 Å². The summed E-state index contributed by atoms with van der Waals surface area (Å²) < 4.78 is 49.5. The SMILES string of the molecule is Cn1c(COC(=O)[C@@H]2Cc3ccccc3CN2S(=O)(=O)c2ccccc2F)cc(=O)n(C)c1=O. The second kappa shape index (κ2) is 8.99. The fraction of sp³-hybridized carbons (Fsp3) is 0.261. The number of carbonyl (C=O) groups is 1. The Morgan fingerprint density at radius 1 is 1.03 bits per heavy atom. The van der Waals surface area contributed by atoms with Gasteiger partial charge in [0.15, 0.2) is 0 Å². The van der Waals surface area contributed by atoms with Gasteiger partial charge >= 0.3 is 11.7 Å². The number of hydrogen-bond acceptors (Lipinski definition) is 6. The summed E-state index contributed by atoms with van der Waals surface area (Å²) in [6.45, 7) is -0.552. The summed E-state index contributed by atoms with van der Waals surface area (Å²) in [4.78, 5) is 36.7. The van der Waals surface area contributed by atoms with E-state index in [9.17, 15) is 27.2 Å². The van der Waals surface area contributed by atoms with Crippen LogP contribution in [-0.2, 0) is 53.2 Å². The normalized spacial score (nSPS) is 16.1. The summed E-state index contributed by atoms with van der Waals surface area (Å²) >= 11 is 0. The lowest BCUT2D eigenvalue weighted by atomic mass is 9.96. The van der Waals surface area contributed by atoms with Gasteiger partial charge in [0.25, 0.3) is 5.56 Å². The van der Waals surface area contributed by atoms with Crippen molar-refractivity contribution in [3.05, 3.63) is 98.1 Å². The van der Waals surface area contributed by atoms with Crippen LogP contribution in [0.1, 0.15) is 16.8 Å². The minimum atomic E-state index is -4.39. The number of sulfonamides is 1. The molecule has 1 aromatic heterocycles. The van der Waals surface area contributed by atoms with Gasteiger partial charge in [-0.3, -0.25) is 18.7 Å². The lowest BCUT2D eigenvalue weighted by Crippen LogP contribution is -2.49. The third-order valence-electron chi connectivity index (χ3n) is 5.89. The van der Waals surface area contributed by atoms with Crippen LogP contribution in [0.15, 0.2) is 69.1 Å². The lowest BCUT2D eigenvalue weighted by Gasteiger charge is -2.34. The fourth-order valence-corrected chi connectivity index (χ4v) is 5.51. The van der Waals surface area contributed by atoms with Gasteiger partial charge in [-0.1, -0.05) is 36.4 Å². The molecule has 0 amide bonds. The monoisotopic (exact) mass is 487 g/mol. The molecular weight excluding hydrogens is 465 g/mol. The molecular formula is C23H22FN3O6S. The summed E-state index contributed by atoms with van der Waals surface area (Å²) in [5, 5.41) is 0. The van der Waals surface area contributed by atoms with Crippen LogP contribution in [0.5, 0.6) is 0 Å². The summed E-state index contributed by atoms with van der Waals surface area (Å²) in [6.07, 6.45) is 0.0260. The van der Waals surface area contributed by atoms with Crippen LogP contribution in [0.25, 0.3) is 0 Å². The molecule has 9 nitrogen and oxygen atoms in total. The van der Waals surface area contributed by atoms with Crippen LogP contribution in [0.4, 0.5) is 4.39 Å². The van der Waals surface area contributed by atoms with Crippen molar-refractivity contribution in [1.29, 1.82) is 0 Å². The van der Waals surface area contributed by atoms with Gasteiger partial charge in [0.2, 0.25) is 10.0 Å². The van der Waals surface area contributed by atoms with E-state index in [4.69, 9.17) is 4.74 Å². The topological polar surface area (TPSA) is 108 Å². The second-order valence-corrected chi connectivity index (χ2v) is 9.81. The number of esters is 1. The molecule has 2 aromatic carbocycles. The predicted octanol–water partition coefficient (Wildman–Crippen LogP) is 1.08. The molecule has 0 radical (unpaired) electrons. The van der Waals surface area contributed by atoms with Crippen LogP contribution in [0.3, 0.4) is 0 Å². The van der Waals surface area contributed by atoms with E-state index in [1.807, 2.05) is 0 Å². The summed E-state index contributed by atoms with van der Waals surface area (Å²) in [5.41, 5.74) is 0.463. The van der Waals surface area contributed by atoms with Crippen molar-refractivity contribution in [2.75, 3.05) is 0 Å². The zero-order valence-corrected chi connectivity index (χ0v) is 19.3. The fourth-order valence-electron chi connectivity index (χ4n) is 3.89. The Bertz CT molecular complexity index is 1500. The molecule has 0 bridgehead atoms. The Morgan fingerprint density at radius 3 is 2.38 bits per heavy atom. The maximum absolute atomic E-state index is 14.4. The molecule has 0 unspecified atom stereocenters. The Labute approximate surface area is 194 Å². The number of rotatable bonds is 5. The quantitative estimate of drug-likeness (QED) is 0.499. The number of fused-ring (bicyclic) bond motifs is 1. The first kappa shape index (κ1) is 23.6. The Balaban J connectivity index is 1.68. The lowest BCUT2D eigenvalue weighted by molar-refractivity contribution is -0.150. The van der Waals surface area contributed by atoms with Gasteiger partial charge in [0, 0.05) is 33.1 Å². The molecule has 0 saturated carbocycles. The molecule has 1 aliphatic rings. The first-order valence-electron chi connectivity index (χ1n) is 10.4. The number of hydrogen-bond donors (Lipinski definition) is 0.